The van der Waals surface area contributed by atoms with Crippen LogP contribution in [0.1, 0.15) is 19.5 Å². The number of aromatic amines is 1. The Hall–Kier alpha value is -0.500. The van der Waals surface area contributed by atoms with Crippen LogP contribution in [0.3, 0.4) is 0 Å². The van der Waals surface area contributed by atoms with E-state index in [0.717, 1.165) is 55.2 Å². The van der Waals surface area contributed by atoms with Crippen LogP contribution in [0.15, 0.2) is 16.0 Å². The Labute approximate surface area is 134 Å². The fourth-order valence-corrected chi connectivity index (χ4v) is 3.52. The number of nitrogens with one attached hydrogen (secondary N) is 1. The molecule has 1 fully saturated rings. The summed E-state index contributed by atoms with van der Waals surface area (Å²) in [4.78, 5) is 21.4. The first-order chi connectivity index (χ1) is 10.1. The molecule has 1 N–H and O–H groups in total. The predicted octanol–water partition coefficient (Wildman–Crippen LogP) is 1.84. The SMILES string of the molecule is CC(C)SCc1cc(=O)[nH]c(SCCN2CCOCC2)n1. The van der Waals surface area contributed by atoms with Crippen LogP contribution >= 0.6 is 23.5 Å². The monoisotopic (exact) mass is 329 g/mol. The molecule has 5 nitrogen and oxygen atoms in total. The van der Waals surface area contributed by atoms with Crippen molar-refractivity contribution >= 4 is 23.5 Å². The van der Waals surface area contributed by atoms with Gasteiger partial charge in [0.1, 0.15) is 0 Å². The Balaban J connectivity index is 1.82. The van der Waals surface area contributed by atoms with Gasteiger partial charge >= 0.3 is 0 Å². The molecule has 0 saturated carbocycles. The Bertz CT molecular complexity index is 487. The van der Waals surface area contributed by atoms with Gasteiger partial charge in [-0.1, -0.05) is 25.6 Å². The molecule has 21 heavy (non-hydrogen) atoms. The molecule has 0 spiro atoms. The molecule has 7 heteroatoms. The van der Waals surface area contributed by atoms with Gasteiger partial charge in [0.25, 0.3) is 5.56 Å². The summed E-state index contributed by atoms with van der Waals surface area (Å²) in [5.74, 6) is 1.72. The van der Waals surface area contributed by atoms with Crippen molar-refractivity contribution in [3.05, 3.63) is 22.1 Å². The van der Waals surface area contributed by atoms with Gasteiger partial charge in [-0.15, -0.1) is 0 Å². The number of thioether (sulfide) groups is 2. The number of aromatic nitrogens is 2. The lowest BCUT2D eigenvalue weighted by atomic mass is 10.4. The standard InChI is InChI=1S/C14H23N3O2S2/c1-11(2)21-10-12-9-13(18)16-14(15-12)20-8-5-17-3-6-19-7-4-17/h9,11H,3-8,10H2,1-2H3,(H,15,16,18). The van der Waals surface area contributed by atoms with Crippen molar-refractivity contribution in [2.24, 2.45) is 0 Å². The quantitative estimate of drug-likeness (QED) is 0.608. The second kappa shape index (κ2) is 8.82. The van der Waals surface area contributed by atoms with E-state index in [0.29, 0.717) is 5.25 Å². The third-order valence-corrected chi connectivity index (χ3v) is 5.07. The number of nitrogens with zero attached hydrogens (tertiary/aromatic N) is 2. The largest absolute Gasteiger partial charge is 0.379 e. The lowest BCUT2D eigenvalue weighted by molar-refractivity contribution is 0.0410. The molecular weight excluding hydrogens is 306 g/mol. The lowest BCUT2D eigenvalue weighted by Crippen LogP contribution is -2.37. The Morgan fingerprint density at radius 3 is 2.90 bits per heavy atom. The van der Waals surface area contributed by atoms with Gasteiger partial charge in [-0.3, -0.25) is 9.69 Å². The topological polar surface area (TPSA) is 58.2 Å². The van der Waals surface area contributed by atoms with Gasteiger partial charge in [0.2, 0.25) is 0 Å². The summed E-state index contributed by atoms with van der Waals surface area (Å²) in [6.45, 7) is 8.93. The summed E-state index contributed by atoms with van der Waals surface area (Å²) in [7, 11) is 0. The van der Waals surface area contributed by atoms with Gasteiger partial charge in [-0.2, -0.15) is 11.8 Å². The predicted molar refractivity (Wildman–Crippen MR) is 89.3 cm³/mol. The summed E-state index contributed by atoms with van der Waals surface area (Å²) in [6.07, 6.45) is 0. The highest BCUT2D eigenvalue weighted by atomic mass is 32.2. The van der Waals surface area contributed by atoms with Gasteiger partial charge in [0.05, 0.1) is 18.9 Å². The summed E-state index contributed by atoms with van der Waals surface area (Å²) in [5.41, 5.74) is 0.810. The van der Waals surface area contributed by atoms with Gasteiger partial charge in [-0.25, -0.2) is 4.98 Å². The van der Waals surface area contributed by atoms with Crippen molar-refractivity contribution in [1.29, 1.82) is 0 Å². The Morgan fingerprint density at radius 2 is 2.19 bits per heavy atom. The lowest BCUT2D eigenvalue weighted by Gasteiger charge is -2.26. The first kappa shape index (κ1) is 16.9. The van der Waals surface area contributed by atoms with Crippen LogP contribution in [0.5, 0.6) is 0 Å². The maximum Gasteiger partial charge on any atom is 0.251 e. The normalized spacial score (nSPS) is 16.5. The van der Waals surface area contributed by atoms with E-state index in [1.807, 2.05) is 0 Å². The molecule has 118 valence electrons. The molecule has 0 radical (unpaired) electrons. The second-order valence-electron chi connectivity index (χ2n) is 5.20. The van der Waals surface area contributed by atoms with Crippen LogP contribution in [-0.4, -0.2) is 58.7 Å². The molecule has 1 aliphatic rings. The second-order valence-corrected chi connectivity index (χ2v) is 7.85. The highest BCUT2D eigenvalue weighted by molar-refractivity contribution is 7.99. The van der Waals surface area contributed by atoms with Crippen LogP contribution < -0.4 is 5.56 Å². The third-order valence-electron chi connectivity index (χ3n) is 3.09. The average Bonchev–Trinajstić information content (AvgIpc) is 2.46. The molecule has 0 aromatic carbocycles. The molecule has 0 bridgehead atoms. The fraction of sp³-hybridized carbons (Fsp3) is 0.714. The minimum absolute atomic E-state index is 0.0572. The molecule has 1 aromatic rings. The molecule has 1 aromatic heterocycles. The molecule has 2 heterocycles. The van der Waals surface area contributed by atoms with E-state index in [4.69, 9.17) is 4.74 Å². The zero-order valence-corrected chi connectivity index (χ0v) is 14.3. The molecule has 1 aliphatic heterocycles. The van der Waals surface area contributed by atoms with Crippen LogP contribution in [0, 0.1) is 0 Å². The fourth-order valence-electron chi connectivity index (χ4n) is 1.97. The number of morpholine rings is 1. The van der Waals surface area contributed by atoms with Gasteiger partial charge in [-0.05, 0) is 5.25 Å². The number of hydrogen-bond donors (Lipinski definition) is 1. The zero-order chi connectivity index (χ0) is 15.1. The summed E-state index contributed by atoms with van der Waals surface area (Å²) in [6, 6.07) is 1.60. The maximum atomic E-state index is 11.7. The summed E-state index contributed by atoms with van der Waals surface area (Å²) in [5, 5.41) is 1.28. The van der Waals surface area contributed by atoms with Crippen molar-refractivity contribution in [2.75, 3.05) is 38.6 Å². The molecule has 0 unspecified atom stereocenters. The first-order valence-electron chi connectivity index (χ1n) is 7.28. The number of ether oxygens (including phenoxy) is 1. The number of hydrogen-bond acceptors (Lipinski definition) is 6. The molecule has 0 amide bonds. The van der Waals surface area contributed by atoms with E-state index in [-0.39, 0.29) is 5.56 Å². The van der Waals surface area contributed by atoms with Crippen LogP contribution in [0.2, 0.25) is 0 Å². The van der Waals surface area contributed by atoms with E-state index in [9.17, 15) is 4.79 Å². The Kier molecular flexibility index (Phi) is 7.09. The van der Waals surface area contributed by atoms with Gasteiger partial charge in [0, 0.05) is 37.2 Å². The summed E-state index contributed by atoms with van der Waals surface area (Å²) >= 11 is 3.42. The van der Waals surface area contributed by atoms with E-state index >= 15 is 0 Å². The number of H-pyrrole nitrogens is 1. The van der Waals surface area contributed by atoms with Gasteiger partial charge < -0.3 is 9.72 Å². The molecule has 0 aliphatic carbocycles. The van der Waals surface area contributed by atoms with E-state index < -0.39 is 0 Å². The minimum atomic E-state index is -0.0572. The van der Waals surface area contributed by atoms with E-state index in [2.05, 4.69) is 28.7 Å². The number of rotatable bonds is 7. The maximum absolute atomic E-state index is 11.7. The molecular formula is C14H23N3O2S2. The van der Waals surface area contributed by atoms with E-state index in [1.165, 1.54) is 0 Å². The van der Waals surface area contributed by atoms with E-state index in [1.54, 1.807) is 29.6 Å². The zero-order valence-electron chi connectivity index (χ0n) is 12.6. The average molecular weight is 329 g/mol. The minimum Gasteiger partial charge on any atom is -0.379 e. The smallest absolute Gasteiger partial charge is 0.251 e. The van der Waals surface area contributed by atoms with Crippen molar-refractivity contribution in [3.63, 3.8) is 0 Å². The van der Waals surface area contributed by atoms with Crippen LogP contribution in [0.25, 0.3) is 0 Å². The van der Waals surface area contributed by atoms with Gasteiger partial charge in [0.15, 0.2) is 5.16 Å². The molecule has 1 saturated heterocycles. The van der Waals surface area contributed by atoms with Crippen molar-refractivity contribution in [2.45, 2.75) is 30.0 Å². The first-order valence-corrected chi connectivity index (χ1v) is 9.31. The molecule has 2 rings (SSSR count). The summed E-state index contributed by atoms with van der Waals surface area (Å²) < 4.78 is 5.33. The van der Waals surface area contributed by atoms with Crippen LogP contribution in [0.4, 0.5) is 0 Å². The van der Waals surface area contributed by atoms with Crippen LogP contribution in [-0.2, 0) is 10.5 Å². The Morgan fingerprint density at radius 1 is 1.43 bits per heavy atom. The highest BCUT2D eigenvalue weighted by Crippen LogP contribution is 2.17. The molecule has 0 atom stereocenters. The van der Waals surface area contributed by atoms with Crippen molar-refractivity contribution < 1.29 is 4.74 Å². The van der Waals surface area contributed by atoms with Crippen molar-refractivity contribution in [1.82, 2.24) is 14.9 Å². The third kappa shape index (κ3) is 6.42. The van der Waals surface area contributed by atoms with Crippen molar-refractivity contribution in [3.8, 4) is 0 Å². The highest BCUT2D eigenvalue weighted by Gasteiger charge is 2.10.